The van der Waals surface area contributed by atoms with Crippen molar-refractivity contribution in [1.82, 2.24) is 5.32 Å². The van der Waals surface area contributed by atoms with E-state index in [9.17, 15) is 13.6 Å². The van der Waals surface area contributed by atoms with E-state index in [1.165, 1.54) is 19.2 Å². The molecule has 5 nitrogen and oxygen atoms in total. The van der Waals surface area contributed by atoms with Crippen LogP contribution in [0.15, 0.2) is 72.8 Å². The number of amides is 1. The van der Waals surface area contributed by atoms with Gasteiger partial charge >= 0.3 is 0 Å². The van der Waals surface area contributed by atoms with E-state index < -0.39 is 11.6 Å². The summed E-state index contributed by atoms with van der Waals surface area (Å²) in [5, 5.41) is 10.6. The van der Waals surface area contributed by atoms with Crippen LogP contribution in [0.25, 0.3) is 11.1 Å². The fourth-order valence-corrected chi connectivity index (χ4v) is 4.72. The monoisotopic (exact) mass is 497 g/mol. The number of halogens is 2. The number of methoxy groups -OCH3 is 1. The molecule has 0 bridgehead atoms. The Kier molecular flexibility index (Phi) is 6.44. The van der Waals surface area contributed by atoms with Crippen LogP contribution in [-0.2, 0) is 19.4 Å². The Balaban J connectivity index is 1.32. The number of nitrogen functional groups attached to an aromatic ring is 1. The van der Waals surface area contributed by atoms with E-state index >= 15 is 0 Å². The van der Waals surface area contributed by atoms with Gasteiger partial charge in [0.25, 0.3) is 5.91 Å². The van der Waals surface area contributed by atoms with E-state index in [0.29, 0.717) is 41.0 Å². The number of fused-ring (bicyclic) bond motifs is 2. The van der Waals surface area contributed by atoms with Crippen LogP contribution >= 0.6 is 0 Å². The van der Waals surface area contributed by atoms with Crippen molar-refractivity contribution >= 4 is 11.7 Å². The number of amidine groups is 1. The van der Waals surface area contributed by atoms with Crippen LogP contribution in [-0.4, -0.2) is 18.9 Å². The molecule has 37 heavy (non-hydrogen) atoms. The fraction of sp³-hybridized carbons (Fsp3) is 0.133. The maximum Gasteiger partial charge on any atom is 0.251 e. The number of nitrogens with two attached hydrogens (primary N) is 1. The van der Waals surface area contributed by atoms with Crippen LogP contribution in [0, 0.1) is 17.0 Å². The highest BCUT2D eigenvalue weighted by Gasteiger charge is 2.19. The SMILES string of the molecule is COc1cc(CNC(=O)c2ccc3c(c2)Cc2cc(-c4ccc(F)cc4F)ccc2C3)ccc1C(=N)N. The Morgan fingerprint density at radius 2 is 1.65 bits per heavy atom. The fourth-order valence-electron chi connectivity index (χ4n) is 4.72. The zero-order chi connectivity index (χ0) is 26.1. The highest BCUT2D eigenvalue weighted by Crippen LogP contribution is 2.32. The summed E-state index contributed by atoms with van der Waals surface area (Å²) in [5.41, 5.74) is 12.9. The zero-order valence-corrected chi connectivity index (χ0v) is 20.2. The number of carbonyl (C=O) groups excluding carboxylic acids is 1. The largest absolute Gasteiger partial charge is 0.496 e. The van der Waals surface area contributed by atoms with Crippen LogP contribution in [0.3, 0.4) is 0 Å². The second-order valence-electron chi connectivity index (χ2n) is 9.08. The number of hydrogen-bond acceptors (Lipinski definition) is 3. The molecule has 1 aliphatic carbocycles. The van der Waals surface area contributed by atoms with E-state index in [2.05, 4.69) is 5.32 Å². The molecule has 1 amide bonds. The molecule has 4 aromatic carbocycles. The molecule has 0 heterocycles. The average molecular weight is 498 g/mol. The van der Waals surface area contributed by atoms with Crippen molar-refractivity contribution in [3.63, 3.8) is 0 Å². The lowest BCUT2D eigenvalue weighted by Crippen LogP contribution is -2.23. The molecule has 0 spiro atoms. The summed E-state index contributed by atoms with van der Waals surface area (Å²) in [4.78, 5) is 12.9. The van der Waals surface area contributed by atoms with Crippen molar-refractivity contribution in [1.29, 1.82) is 5.41 Å². The molecule has 4 N–H and O–H groups in total. The number of benzene rings is 4. The predicted molar refractivity (Wildman–Crippen MR) is 139 cm³/mol. The summed E-state index contributed by atoms with van der Waals surface area (Å²) >= 11 is 0. The van der Waals surface area contributed by atoms with Crippen molar-refractivity contribution < 1.29 is 18.3 Å². The Morgan fingerprint density at radius 1 is 0.919 bits per heavy atom. The normalized spacial score (nSPS) is 11.9. The van der Waals surface area contributed by atoms with Crippen molar-refractivity contribution in [3.05, 3.63) is 123 Å². The number of nitrogens with one attached hydrogen (secondary N) is 2. The van der Waals surface area contributed by atoms with Crippen molar-refractivity contribution in [3.8, 4) is 16.9 Å². The molecule has 0 fully saturated rings. The summed E-state index contributed by atoms with van der Waals surface area (Å²) in [6.07, 6.45) is 1.34. The second-order valence-corrected chi connectivity index (χ2v) is 9.08. The highest BCUT2D eigenvalue weighted by atomic mass is 19.1. The molecule has 0 aliphatic heterocycles. The van der Waals surface area contributed by atoms with Crippen molar-refractivity contribution in [2.24, 2.45) is 5.73 Å². The summed E-state index contributed by atoms with van der Waals surface area (Å²) < 4.78 is 33.0. The second kappa shape index (κ2) is 9.85. The summed E-state index contributed by atoms with van der Waals surface area (Å²) in [5.74, 6) is -1.01. The van der Waals surface area contributed by atoms with Crippen LogP contribution in [0.5, 0.6) is 5.75 Å². The van der Waals surface area contributed by atoms with Gasteiger partial charge in [-0.15, -0.1) is 0 Å². The molecular weight excluding hydrogens is 472 g/mol. The highest BCUT2D eigenvalue weighted by molar-refractivity contribution is 5.98. The topological polar surface area (TPSA) is 88.2 Å². The smallest absolute Gasteiger partial charge is 0.251 e. The standard InChI is InChI=1S/C30H25F2N3O2/c1-37-28-10-17(2-8-26(28)29(33)34)16-35-30(36)21-6-4-19-11-18-3-5-20(12-22(18)14-23(19)13-21)25-9-7-24(31)15-27(25)32/h2-10,12-13,15H,11,14,16H2,1H3,(H3,33,34)(H,35,36). The molecule has 0 radical (unpaired) electrons. The minimum absolute atomic E-state index is 0.0852. The zero-order valence-electron chi connectivity index (χ0n) is 20.2. The van der Waals surface area contributed by atoms with Gasteiger partial charge in [-0.05, 0) is 82.6 Å². The third-order valence-corrected chi connectivity index (χ3v) is 6.69. The van der Waals surface area contributed by atoms with E-state index in [1.54, 1.807) is 18.2 Å². The lowest BCUT2D eigenvalue weighted by molar-refractivity contribution is 0.0950. The number of ether oxygens (including phenoxy) is 1. The minimum Gasteiger partial charge on any atom is -0.496 e. The molecule has 1 aliphatic rings. The van der Waals surface area contributed by atoms with Gasteiger partial charge in [-0.2, -0.15) is 0 Å². The maximum absolute atomic E-state index is 14.3. The predicted octanol–water partition coefficient (Wildman–Crippen LogP) is 5.35. The maximum atomic E-state index is 14.3. The van der Waals surface area contributed by atoms with Gasteiger partial charge in [0.15, 0.2) is 0 Å². The Bertz CT molecular complexity index is 1550. The van der Waals surface area contributed by atoms with E-state index in [-0.39, 0.29) is 11.7 Å². The van der Waals surface area contributed by atoms with Gasteiger partial charge in [0.05, 0.1) is 12.7 Å². The first-order valence-corrected chi connectivity index (χ1v) is 11.8. The number of rotatable bonds is 6. The third-order valence-electron chi connectivity index (χ3n) is 6.69. The van der Waals surface area contributed by atoms with Crippen LogP contribution < -0.4 is 15.8 Å². The lowest BCUT2D eigenvalue weighted by atomic mass is 9.83. The Hall–Kier alpha value is -4.52. The van der Waals surface area contributed by atoms with E-state index in [1.807, 2.05) is 36.4 Å². The van der Waals surface area contributed by atoms with Crippen molar-refractivity contribution in [2.75, 3.05) is 7.11 Å². The first kappa shape index (κ1) is 24.2. The Morgan fingerprint density at radius 3 is 2.38 bits per heavy atom. The molecule has 4 aromatic rings. The first-order valence-electron chi connectivity index (χ1n) is 11.8. The van der Waals surface area contributed by atoms with Gasteiger partial charge in [0.1, 0.15) is 23.2 Å². The van der Waals surface area contributed by atoms with Crippen LogP contribution in [0.1, 0.15) is 43.7 Å². The summed E-state index contributed by atoms with van der Waals surface area (Å²) in [6.45, 7) is 0.292. The molecule has 7 heteroatoms. The number of carbonyl (C=O) groups is 1. The quantitative estimate of drug-likeness (QED) is 0.218. The molecule has 0 aromatic heterocycles. The third kappa shape index (κ3) is 4.93. The molecule has 0 atom stereocenters. The van der Waals surface area contributed by atoms with Gasteiger partial charge < -0.3 is 15.8 Å². The van der Waals surface area contributed by atoms with Crippen molar-refractivity contribution in [2.45, 2.75) is 19.4 Å². The minimum atomic E-state index is -0.605. The summed E-state index contributed by atoms with van der Waals surface area (Å²) in [7, 11) is 1.51. The molecule has 0 unspecified atom stereocenters. The van der Waals surface area contributed by atoms with E-state index in [4.69, 9.17) is 15.9 Å². The van der Waals surface area contributed by atoms with Crippen LogP contribution in [0.4, 0.5) is 8.78 Å². The van der Waals surface area contributed by atoms with Gasteiger partial charge in [0.2, 0.25) is 0 Å². The Labute approximate surface area is 213 Å². The molecule has 186 valence electrons. The van der Waals surface area contributed by atoms with Crippen LogP contribution in [0.2, 0.25) is 0 Å². The molecule has 5 rings (SSSR count). The first-order chi connectivity index (χ1) is 17.8. The average Bonchev–Trinajstić information content (AvgIpc) is 2.89. The van der Waals surface area contributed by atoms with Gasteiger partial charge in [-0.25, -0.2) is 8.78 Å². The van der Waals surface area contributed by atoms with Gasteiger partial charge in [0, 0.05) is 23.7 Å². The van der Waals surface area contributed by atoms with Gasteiger partial charge in [-0.3, -0.25) is 10.2 Å². The lowest BCUT2D eigenvalue weighted by Gasteiger charge is -2.21. The number of hydrogen-bond donors (Lipinski definition) is 3. The molecule has 0 saturated heterocycles. The van der Waals surface area contributed by atoms with Gasteiger partial charge in [-0.1, -0.05) is 30.3 Å². The van der Waals surface area contributed by atoms with E-state index in [0.717, 1.165) is 40.3 Å². The molecule has 0 saturated carbocycles. The summed E-state index contributed by atoms with van der Waals surface area (Å²) in [6, 6.07) is 20.3. The molecular formula is C30H25F2N3O2.